The highest BCUT2D eigenvalue weighted by Crippen LogP contribution is 2.34. The van der Waals surface area contributed by atoms with Crippen LogP contribution in [0.15, 0.2) is 22.5 Å². The first kappa shape index (κ1) is 13.7. The minimum absolute atomic E-state index is 0.0316. The van der Waals surface area contributed by atoms with Gasteiger partial charge in [-0.1, -0.05) is 0 Å². The van der Waals surface area contributed by atoms with Crippen molar-refractivity contribution in [3.05, 3.63) is 18.3 Å². The molecule has 0 bridgehead atoms. The number of likely N-dealkylation sites (N-methyl/N-ethyl adjacent to an activating group) is 1. The number of thiophene rings is 1. The van der Waals surface area contributed by atoms with Gasteiger partial charge in [-0.05, 0) is 19.2 Å². The minimum atomic E-state index is -4.16. The zero-order valence-electron chi connectivity index (χ0n) is 11.0. The van der Waals surface area contributed by atoms with Gasteiger partial charge in [-0.15, -0.1) is 11.3 Å². The van der Waals surface area contributed by atoms with Gasteiger partial charge in [0, 0.05) is 42.5 Å². The van der Waals surface area contributed by atoms with Crippen LogP contribution in [0.1, 0.15) is 0 Å². The second-order valence-corrected chi connectivity index (χ2v) is 7.61. The van der Waals surface area contributed by atoms with Crippen molar-refractivity contribution in [1.82, 2.24) is 9.88 Å². The summed E-state index contributed by atoms with van der Waals surface area (Å²) in [5.41, 5.74) is 0. The molecule has 0 aromatic carbocycles. The first-order chi connectivity index (χ1) is 9.45. The number of pyridine rings is 1. The highest BCUT2D eigenvalue weighted by Gasteiger charge is 2.21. The molecule has 1 fully saturated rings. The van der Waals surface area contributed by atoms with E-state index >= 15 is 0 Å². The summed E-state index contributed by atoms with van der Waals surface area (Å²) in [6.45, 7) is 3.63. The number of piperazine rings is 1. The standard InChI is InChI=1S/C12H15N3O3S2/c1-14-4-6-15(7-5-14)12-9-8-11(20(16,17)18)19-10(9)2-3-13-12/h2-3,8H,4-7H2,1H3,(H,16,17,18). The molecule has 20 heavy (non-hydrogen) atoms. The molecule has 0 radical (unpaired) electrons. The van der Waals surface area contributed by atoms with Gasteiger partial charge in [0.25, 0.3) is 0 Å². The van der Waals surface area contributed by atoms with Gasteiger partial charge in [0.15, 0.2) is 0 Å². The van der Waals surface area contributed by atoms with E-state index < -0.39 is 10.1 Å². The third kappa shape index (κ3) is 2.51. The van der Waals surface area contributed by atoms with E-state index in [4.69, 9.17) is 4.55 Å². The van der Waals surface area contributed by atoms with Crippen LogP contribution in [-0.2, 0) is 10.1 Å². The second-order valence-electron chi connectivity index (χ2n) is 4.88. The number of rotatable bonds is 2. The van der Waals surface area contributed by atoms with E-state index in [-0.39, 0.29) is 4.21 Å². The van der Waals surface area contributed by atoms with E-state index in [1.165, 1.54) is 6.07 Å². The molecule has 0 spiro atoms. The van der Waals surface area contributed by atoms with Crippen LogP contribution in [-0.4, -0.2) is 56.1 Å². The Morgan fingerprint density at radius 3 is 2.65 bits per heavy atom. The second kappa shape index (κ2) is 4.96. The van der Waals surface area contributed by atoms with E-state index in [0.717, 1.165) is 53.4 Å². The molecular weight excluding hydrogens is 298 g/mol. The van der Waals surface area contributed by atoms with Gasteiger partial charge in [0.2, 0.25) is 0 Å². The van der Waals surface area contributed by atoms with Crippen LogP contribution in [0.2, 0.25) is 0 Å². The Labute approximate surface area is 121 Å². The predicted octanol–water partition coefficient (Wildman–Crippen LogP) is 1.29. The van der Waals surface area contributed by atoms with Crippen LogP contribution in [0.5, 0.6) is 0 Å². The van der Waals surface area contributed by atoms with Crippen molar-refractivity contribution in [1.29, 1.82) is 0 Å². The molecule has 1 N–H and O–H groups in total. The van der Waals surface area contributed by atoms with Crippen molar-refractivity contribution in [3.63, 3.8) is 0 Å². The molecule has 6 nitrogen and oxygen atoms in total. The fourth-order valence-electron chi connectivity index (χ4n) is 2.32. The number of fused-ring (bicyclic) bond motifs is 1. The van der Waals surface area contributed by atoms with Gasteiger partial charge in [0.05, 0.1) is 0 Å². The molecule has 2 aromatic heterocycles. The molecule has 1 saturated heterocycles. The summed E-state index contributed by atoms with van der Waals surface area (Å²) >= 11 is 1.07. The summed E-state index contributed by atoms with van der Waals surface area (Å²) in [5, 5.41) is 0.787. The smallest absolute Gasteiger partial charge is 0.304 e. The summed E-state index contributed by atoms with van der Waals surface area (Å²) in [6, 6.07) is 3.28. The van der Waals surface area contributed by atoms with E-state index in [9.17, 15) is 8.42 Å². The van der Waals surface area contributed by atoms with Gasteiger partial charge in [-0.25, -0.2) is 4.98 Å². The van der Waals surface area contributed by atoms with Crippen molar-refractivity contribution in [2.45, 2.75) is 4.21 Å². The Morgan fingerprint density at radius 1 is 1.30 bits per heavy atom. The molecule has 108 valence electrons. The zero-order chi connectivity index (χ0) is 14.3. The number of aromatic nitrogens is 1. The lowest BCUT2D eigenvalue weighted by molar-refractivity contribution is 0.312. The van der Waals surface area contributed by atoms with Crippen molar-refractivity contribution in [2.24, 2.45) is 0 Å². The Morgan fingerprint density at radius 2 is 2.00 bits per heavy atom. The number of hydrogen-bond donors (Lipinski definition) is 1. The molecule has 2 aromatic rings. The van der Waals surface area contributed by atoms with Crippen molar-refractivity contribution < 1.29 is 13.0 Å². The lowest BCUT2D eigenvalue weighted by Crippen LogP contribution is -2.44. The largest absolute Gasteiger partial charge is 0.354 e. The summed E-state index contributed by atoms with van der Waals surface area (Å²) in [7, 11) is -2.08. The first-order valence-electron chi connectivity index (χ1n) is 6.25. The van der Waals surface area contributed by atoms with E-state index in [1.807, 2.05) is 0 Å². The SMILES string of the molecule is CN1CCN(c2nccc3sc(S(=O)(=O)O)cc23)CC1. The third-order valence-electron chi connectivity index (χ3n) is 3.46. The minimum Gasteiger partial charge on any atom is -0.354 e. The zero-order valence-corrected chi connectivity index (χ0v) is 12.6. The van der Waals surface area contributed by atoms with Gasteiger partial charge in [0.1, 0.15) is 10.0 Å². The van der Waals surface area contributed by atoms with Crippen LogP contribution in [0, 0.1) is 0 Å². The molecule has 0 atom stereocenters. The topological polar surface area (TPSA) is 73.7 Å². The Bertz CT molecular complexity index is 733. The Kier molecular flexibility index (Phi) is 3.41. The normalized spacial score (nSPS) is 17.8. The molecule has 0 amide bonds. The lowest BCUT2D eigenvalue weighted by atomic mass is 10.2. The molecule has 0 saturated carbocycles. The maximum atomic E-state index is 11.3. The summed E-state index contributed by atoms with van der Waals surface area (Å²) in [6.07, 6.45) is 1.68. The van der Waals surface area contributed by atoms with Crippen molar-refractivity contribution in [2.75, 3.05) is 38.1 Å². The van der Waals surface area contributed by atoms with Gasteiger partial charge >= 0.3 is 10.1 Å². The third-order valence-corrected chi connectivity index (χ3v) is 5.86. The fraction of sp³-hybridized carbons (Fsp3) is 0.417. The number of nitrogens with zero attached hydrogens (tertiary/aromatic N) is 3. The number of anilines is 1. The molecule has 1 aliphatic rings. The maximum Gasteiger partial charge on any atom is 0.304 e. The van der Waals surface area contributed by atoms with E-state index in [1.54, 1.807) is 12.3 Å². The average Bonchev–Trinajstić information content (AvgIpc) is 2.83. The monoisotopic (exact) mass is 313 g/mol. The first-order valence-corrected chi connectivity index (χ1v) is 8.50. The van der Waals surface area contributed by atoms with Crippen LogP contribution < -0.4 is 4.90 Å². The molecule has 3 rings (SSSR count). The maximum absolute atomic E-state index is 11.3. The molecule has 0 unspecified atom stereocenters. The van der Waals surface area contributed by atoms with Crippen LogP contribution in [0.4, 0.5) is 5.82 Å². The lowest BCUT2D eigenvalue weighted by Gasteiger charge is -2.33. The molecule has 3 heterocycles. The average molecular weight is 313 g/mol. The van der Waals surface area contributed by atoms with Crippen LogP contribution in [0.3, 0.4) is 0 Å². The van der Waals surface area contributed by atoms with E-state index in [2.05, 4.69) is 21.8 Å². The highest BCUT2D eigenvalue weighted by molar-refractivity contribution is 7.88. The summed E-state index contributed by atoms with van der Waals surface area (Å²) in [5.74, 6) is 0.793. The highest BCUT2D eigenvalue weighted by atomic mass is 32.3. The van der Waals surface area contributed by atoms with Crippen LogP contribution >= 0.6 is 11.3 Å². The van der Waals surface area contributed by atoms with Gasteiger partial charge < -0.3 is 9.80 Å². The molecule has 8 heteroatoms. The van der Waals surface area contributed by atoms with E-state index in [0.29, 0.717) is 0 Å². The Balaban J connectivity index is 2.05. The summed E-state index contributed by atoms with van der Waals surface area (Å²) in [4.78, 5) is 8.79. The molecule has 1 aliphatic heterocycles. The van der Waals surface area contributed by atoms with Gasteiger partial charge in [-0.2, -0.15) is 8.42 Å². The van der Waals surface area contributed by atoms with Gasteiger partial charge in [-0.3, -0.25) is 4.55 Å². The number of hydrogen-bond acceptors (Lipinski definition) is 6. The van der Waals surface area contributed by atoms with Crippen LogP contribution in [0.25, 0.3) is 10.1 Å². The summed E-state index contributed by atoms with van der Waals surface area (Å²) < 4.78 is 32.5. The predicted molar refractivity (Wildman–Crippen MR) is 79.1 cm³/mol. The quantitative estimate of drug-likeness (QED) is 0.842. The Hall–Kier alpha value is -1.22. The fourth-order valence-corrected chi connectivity index (χ4v) is 4.06. The van der Waals surface area contributed by atoms with Crippen molar-refractivity contribution >= 4 is 37.4 Å². The molecule has 0 aliphatic carbocycles. The van der Waals surface area contributed by atoms with Crippen molar-refractivity contribution in [3.8, 4) is 0 Å². The molecular formula is C12H15N3O3S2.